The van der Waals surface area contributed by atoms with E-state index in [0.717, 1.165) is 25.7 Å². The second-order valence-electron chi connectivity index (χ2n) is 4.76. The summed E-state index contributed by atoms with van der Waals surface area (Å²) in [4.78, 5) is 4.11. The number of alkyl halides is 1. The summed E-state index contributed by atoms with van der Waals surface area (Å²) >= 11 is 3.58. The first-order chi connectivity index (χ1) is 8.49. The Morgan fingerprint density at radius 2 is 2.11 bits per heavy atom. The summed E-state index contributed by atoms with van der Waals surface area (Å²) < 4.78 is 28.7. The molecule has 5 nitrogen and oxygen atoms in total. The van der Waals surface area contributed by atoms with Gasteiger partial charge in [0, 0.05) is 24.1 Å². The molecule has 1 saturated carbocycles. The maximum absolute atomic E-state index is 12.2. The highest BCUT2D eigenvalue weighted by Crippen LogP contribution is 2.24. The zero-order chi connectivity index (χ0) is 13.2. The van der Waals surface area contributed by atoms with Crippen LogP contribution in [0.3, 0.4) is 0 Å². The fraction of sp³-hybridized carbons (Fsp3) is 0.727. The predicted molar refractivity (Wildman–Crippen MR) is 73.1 cm³/mol. The van der Waals surface area contributed by atoms with Gasteiger partial charge in [-0.1, -0.05) is 35.2 Å². The minimum atomic E-state index is -3.50. The Hall–Kier alpha value is -0.400. The van der Waals surface area contributed by atoms with Gasteiger partial charge in [-0.25, -0.2) is 18.1 Å². The van der Waals surface area contributed by atoms with Crippen LogP contribution in [0.1, 0.15) is 32.1 Å². The molecule has 0 aliphatic heterocycles. The largest absolute Gasteiger partial charge is 0.339 e. The normalized spacial score (nSPS) is 25.9. The number of aryl methyl sites for hydroxylation is 1. The van der Waals surface area contributed by atoms with Crippen molar-refractivity contribution in [3.8, 4) is 0 Å². The number of imidazole rings is 1. The number of rotatable bonds is 3. The van der Waals surface area contributed by atoms with E-state index in [2.05, 4.69) is 25.6 Å². The van der Waals surface area contributed by atoms with Gasteiger partial charge in [0.25, 0.3) is 10.0 Å². The fourth-order valence-corrected chi connectivity index (χ4v) is 4.37. The van der Waals surface area contributed by atoms with E-state index in [-0.39, 0.29) is 15.9 Å². The third kappa shape index (κ3) is 3.33. The van der Waals surface area contributed by atoms with Gasteiger partial charge in [0.1, 0.15) is 0 Å². The molecular weight excluding hydrogens is 318 g/mol. The molecule has 0 aromatic carbocycles. The molecule has 7 heteroatoms. The van der Waals surface area contributed by atoms with Gasteiger partial charge in [-0.05, 0) is 12.8 Å². The van der Waals surface area contributed by atoms with Crippen LogP contribution in [0.2, 0.25) is 0 Å². The van der Waals surface area contributed by atoms with Crippen LogP contribution in [-0.2, 0) is 17.1 Å². The lowest BCUT2D eigenvalue weighted by Gasteiger charge is -2.20. The number of hydrogen-bond acceptors (Lipinski definition) is 3. The van der Waals surface area contributed by atoms with E-state index in [4.69, 9.17) is 0 Å². The van der Waals surface area contributed by atoms with E-state index in [1.807, 2.05) is 0 Å². The van der Waals surface area contributed by atoms with Crippen molar-refractivity contribution in [3.05, 3.63) is 12.5 Å². The molecule has 0 saturated heterocycles. The van der Waals surface area contributed by atoms with Gasteiger partial charge in [0.15, 0.2) is 5.03 Å². The topological polar surface area (TPSA) is 64.0 Å². The number of nitrogens with one attached hydrogen (secondary N) is 1. The van der Waals surface area contributed by atoms with Gasteiger partial charge < -0.3 is 4.57 Å². The van der Waals surface area contributed by atoms with E-state index in [1.54, 1.807) is 11.6 Å². The molecule has 1 fully saturated rings. The maximum atomic E-state index is 12.2. The summed E-state index contributed by atoms with van der Waals surface area (Å²) in [6.07, 6.45) is 8.28. The molecule has 18 heavy (non-hydrogen) atoms. The molecule has 0 radical (unpaired) electrons. The highest BCUT2D eigenvalue weighted by Gasteiger charge is 2.27. The number of sulfonamides is 1. The molecule has 2 unspecified atom stereocenters. The molecule has 102 valence electrons. The van der Waals surface area contributed by atoms with Crippen molar-refractivity contribution in [2.45, 2.75) is 48.0 Å². The first-order valence-electron chi connectivity index (χ1n) is 6.13. The van der Waals surface area contributed by atoms with E-state index < -0.39 is 10.0 Å². The molecule has 1 aromatic rings. The van der Waals surface area contributed by atoms with Gasteiger partial charge in [-0.2, -0.15) is 0 Å². The molecule has 0 amide bonds. The molecule has 1 aliphatic carbocycles. The minimum absolute atomic E-state index is 0.0421. The molecule has 0 bridgehead atoms. The lowest BCUT2D eigenvalue weighted by molar-refractivity contribution is 0.519. The summed E-state index contributed by atoms with van der Waals surface area (Å²) in [6.45, 7) is 0. The third-order valence-electron chi connectivity index (χ3n) is 3.19. The highest BCUT2D eigenvalue weighted by molar-refractivity contribution is 9.09. The van der Waals surface area contributed by atoms with Crippen LogP contribution in [0.4, 0.5) is 0 Å². The molecule has 1 aliphatic rings. The summed E-state index contributed by atoms with van der Waals surface area (Å²) in [5, 5.41) is 0.0916. The Morgan fingerprint density at radius 1 is 1.39 bits per heavy atom. The quantitative estimate of drug-likeness (QED) is 0.676. The maximum Gasteiger partial charge on any atom is 0.259 e. The summed E-state index contributed by atoms with van der Waals surface area (Å²) in [5.74, 6) is 0. The third-order valence-corrected chi connectivity index (χ3v) is 5.67. The lowest BCUT2D eigenvalue weighted by atomic mass is 10.1. The van der Waals surface area contributed by atoms with Crippen molar-refractivity contribution in [1.29, 1.82) is 0 Å². The summed E-state index contributed by atoms with van der Waals surface area (Å²) in [7, 11) is -1.75. The smallest absolute Gasteiger partial charge is 0.259 e. The molecule has 1 heterocycles. The number of nitrogens with zero attached hydrogens (tertiary/aromatic N) is 2. The zero-order valence-electron chi connectivity index (χ0n) is 10.3. The average molecular weight is 336 g/mol. The molecule has 2 atom stereocenters. The Kier molecular flexibility index (Phi) is 4.45. The van der Waals surface area contributed by atoms with Crippen LogP contribution in [0.25, 0.3) is 0 Å². The number of halogens is 1. The van der Waals surface area contributed by atoms with E-state index in [9.17, 15) is 8.42 Å². The molecule has 0 spiro atoms. The lowest BCUT2D eigenvalue weighted by Crippen LogP contribution is -2.40. The summed E-state index contributed by atoms with van der Waals surface area (Å²) in [5.41, 5.74) is 0. The fourth-order valence-electron chi connectivity index (χ4n) is 2.18. The molecule has 1 aromatic heterocycles. The van der Waals surface area contributed by atoms with Crippen molar-refractivity contribution in [3.63, 3.8) is 0 Å². The average Bonchev–Trinajstić information content (AvgIpc) is 2.65. The van der Waals surface area contributed by atoms with Crippen molar-refractivity contribution >= 4 is 26.0 Å². The minimum Gasteiger partial charge on any atom is -0.339 e. The van der Waals surface area contributed by atoms with Crippen molar-refractivity contribution < 1.29 is 8.42 Å². The Bertz CT molecular complexity index is 500. The van der Waals surface area contributed by atoms with Crippen LogP contribution in [0.5, 0.6) is 0 Å². The first-order valence-corrected chi connectivity index (χ1v) is 8.53. The highest BCUT2D eigenvalue weighted by atomic mass is 79.9. The second-order valence-corrected chi connectivity index (χ2v) is 7.60. The van der Waals surface area contributed by atoms with Crippen LogP contribution < -0.4 is 4.72 Å². The Labute approximate surface area is 116 Å². The van der Waals surface area contributed by atoms with Crippen LogP contribution in [-0.4, -0.2) is 28.8 Å². The van der Waals surface area contributed by atoms with Gasteiger partial charge in [-0.15, -0.1) is 0 Å². The van der Waals surface area contributed by atoms with Crippen molar-refractivity contribution in [1.82, 2.24) is 14.3 Å². The second kappa shape index (κ2) is 5.71. The van der Waals surface area contributed by atoms with Gasteiger partial charge in [0.05, 0.1) is 6.33 Å². The SMILES string of the molecule is Cn1cnc(S(=O)(=O)NC2CCCCCC2Br)c1. The Morgan fingerprint density at radius 3 is 2.78 bits per heavy atom. The van der Waals surface area contributed by atoms with Crippen molar-refractivity contribution in [2.24, 2.45) is 7.05 Å². The molecule has 1 N–H and O–H groups in total. The van der Waals surface area contributed by atoms with Crippen molar-refractivity contribution in [2.75, 3.05) is 0 Å². The van der Waals surface area contributed by atoms with Crippen LogP contribution in [0, 0.1) is 0 Å². The van der Waals surface area contributed by atoms with E-state index in [0.29, 0.717) is 0 Å². The summed E-state index contributed by atoms with van der Waals surface area (Å²) in [6, 6.07) is -0.0421. The van der Waals surface area contributed by atoms with Gasteiger partial charge in [0.2, 0.25) is 0 Å². The number of hydrogen-bond donors (Lipinski definition) is 1. The standard InChI is InChI=1S/C11H18BrN3O2S/c1-15-7-11(13-8-15)18(16,17)14-10-6-4-2-3-5-9(10)12/h7-10,14H,2-6H2,1H3. The van der Waals surface area contributed by atoms with E-state index in [1.165, 1.54) is 18.9 Å². The van der Waals surface area contributed by atoms with Gasteiger partial charge in [-0.3, -0.25) is 0 Å². The predicted octanol–water partition coefficient (Wildman–Crippen LogP) is 1.79. The molecular formula is C11H18BrN3O2S. The van der Waals surface area contributed by atoms with Gasteiger partial charge >= 0.3 is 0 Å². The zero-order valence-corrected chi connectivity index (χ0v) is 12.7. The van der Waals surface area contributed by atoms with E-state index >= 15 is 0 Å². The van der Waals surface area contributed by atoms with Crippen LogP contribution in [0.15, 0.2) is 17.6 Å². The first kappa shape index (κ1) is 14.0. The molecule has 2 rings (SSSR count). The van der Waals surface area contributed by atoms with Crippen LogP contribution >= 0.6 is 15.9 Å². The Balaban J connectivity index is 2.11. The monoisotopic (exact) mass is 335 g/mol. The number of aromatic nitrogens is 2.